The molecule has 0 bridgehead atoms. The van der Waals surface area contributed by atoms with E-state index in [9.17, 15) is 22.8 Å². The maximum absolute atomic E-state index is 13.6. The van der Waals surface area contributed by atoms with Crippen LogP contribution in [-0.4, -0.2) is 60.1 Å². The number of carbonyl (C=O) groups is 2. The minimum Gasteiger partial charge on any atom is -0.351 e. The normalized spacial score (nSPS) is 18.3. The van der Waals surface area contributed by atoms with E-state index in [0.29, 0.717) is 51.4 Å². The summed E-state index contributed by atoms with van der Waals surface area (Å²) in [6, 6.07) is 4.38. The van der Waals surface area contributed by atoms with Gasteiger partial charge in [0.05, 0.1) is 24.7 Å². The van der Waals surface area contributed by atoms with E-state index in [-0.39, 0.29) is 11.5 Å². The number of nitrogens with zero attached hydrogens (tertiary/aromatic N) is 3. The van der Waals surface area contributed by atoms with Crippen LogP contribution in [0.5, 0.6) is 0 Å². The number of likely N-dealkylation sites (tertiary alicyclic amines) is 1. The Morgan fingerprint density at radius 3 is 2.61 bits per heavy atom. The number of halogens is 3. The van der Waals surface area contributed by atoms with E-state index >= 15 is 0 Å². The van der Waals surface area contributed by atoms with E-state index in [4.69, 9.17) is 0 Å². The molecule has 164 valence electrons. The number of carbonyl (C=O) groups excluding carboxylic acids is 2. The van der Waals surface area contributed by atoms with Crippen molar-refractivity contribution in [3.8, 4) is 0 Å². The van der Waals surface area contributed by atoms with Gasteiger partial charge in [-0.3, -0.25) is 14.6 Å². The summed E-state index contributed by atoms with van der Waals surface area (Å²) in [6.45, 7) is 2.42. The molecule has 31 heavy (non-hydrogen) atoms. The van der Waals surface area contributed by atoms with Gasteiger partial charge in [0, 0.05) is 37.8 Å². The molecule has 0 saturated carbocycles. The van der Waals surface area contributed by atoms with Crippen LogP contribution in [0.4, 0.5) is 18.9 Å². The molecule has 2 fully saturated rings. The van der Waals surface area contributed by atoms with E-state index in [1.54, 1.807) is 6.20 Å². The lowest BCUT2D eigenvalue weighted by molar-refractivity contribution is -0.125. The quantitative estimate of drug-likeness (QED) is 0.750. The van der Waals surface area contributed by atoms with Gasteiger partial charge >= 0.3 is 0 Å². The maximum Gasteiger partial charge on any atom is 0.251 e. The monoisotopic (exact) mass is 433 g/mol. The number of nitrogens with one attached hydrogen (secondary N) is 2. The van der Waals surface area contributed by atoms with Crippen LogP contribution in [0.2, 0.25) is 0 Å². The van der Waals surface area contributed by atoms with Gasteiger partial charge in [-0.05, 0) is 31.0 Å². The van der Waals surface area contributed by atoms with Gasteiger partial charge < -0.3 is 20.4 Å². The van der Waals surface area contributed by atoms with Crippen LogP contribution < -0.4 is 15.5 Å². The SMILES string of the molecule is O=C(NCCN1CCC2(CC1)C(=O)NCN2c1cncc(F)c1)c1ccc(F)c(F)c1. The summed E-state index contributed by atoms with van der Waals surface area (Å²) in [4.78, 5) is 32.6. The fraction of sp³-hybridized carbons (Fsp3) is 0.381. The van der Waals surface area contributed by atoms with Crippen LogP contribution in [0.25, 0.3) is 0 Å². The highest BCUT2D eigenvalue weighted by Crippen LogP contribution is 2.36. The van der Waals surface area contributed by atoms with E-state index in [1.165, 1.54) is 12.1 Å². The van der Waals surface area contributed by atoms with Crippen molar-refractivity contribution >= 4 is 17.5 Å². The third-order valence-electron chi connectivity index (χ3n) is 5.92. The number of amides is 2. The molecule has 2 aliphatic heterocycles. The third-order valence-corrected chi connectivity index (χ3v) is 5.92. The molecule has 2 N–H and O–H groups in total. The Bertz CT molecular complexity index is 995. The molecule has 2 saturated heterocycles. The molecule has 4 rings (SSSR count). The van der Waals surface area contributed by atoms with Gasteiger partial charge in [0.15, 0.2) is 11.6 Å². The minimum absolute atomic E-state index is 0.0541. The van der Waals surface area contributed by atoms with Crippen molar-refractivity contribution in [3.05, 3.63) is 59.7 Å². The lowest BCUT2D eigenvalue weighted by Gasteiger charge is -2.43. The van der Waals surface area contributed by atoms with Crippen molar-refractivity contribution in [1.82, 2.24) is 20.5 Å². The summed E-state index contributed by atoms with van der Waals surface area (Å²) in [5.74, 6) is -3.09. The van der Waals surface area contributed by atoms with Crippen molar-refractivity contribution in [2.75, 3.05) is 37.7 Å². The fourth-order valence-electron chi connectivity index (χ4n) is 4.19. The molecule has 1 aromatic carbocycles. The highest BCUT2D eigenvalue weighted by atomic mass is 19.2. The standard InChI is InChI=1S/C21H22F3N5O2/c22-15-10-16(12-25-11-15)29-13-27-20(31)21(29)3-6-28(7-4-21)8-5-26-19(30)14-1-2-17(23)18(24)9-14/h1-2,9-12H,3-8,13H2,(H,26,30)(H,27,31). The Labute approximate surface area is 177 Å². The fourth-order valence-corrected chi connectivity index (χ4v) is 4.19. The van der Waals surface area contributed by atoms with E-state index in [1.807, 2.05) is 4.90 Å². The van der Waals surface area contributed by atoms with E-state index in [2.05, 4.69) is 20.5 Å². The topological polar surface area (TPSA) is 77.6 Å². The lowest BCUT2D eigenvalue weighted by Crippen LogP contribution is -2.57. The molecule has 3 heterocycles. The molecule has 1 aromatic heterocycles. The Morgan fingerprint density at radius 2 is 1.90 bits per heavy atom. The number of rotatable bonds is 5. The molecular formula is C21H22F3N5O2. The van der Waals surface area contributed by atoms with Crippen molar-refractivity contribution in [1.29, 1.82) is 0 Å². The summed E-state index contributed by atoms with van der Waals surface area (Å²) in [5.41, 5.74) is -0.134. The Morgan fingerprint density at radius 1 is 1.13 bits per heavy atom. The van der Waals surface area contributed by atoms with Crippen LogP contribution in [0, 0.1) is 17.5 Å². The average molecular weight is 433 g/mol. The van der Waals surface area contributed by atoms with Gasteiger partial charge in [0.25, 0.3) is 5.91 Å². The first-order chi connectivity index (χ1) is 14.9. The summed E-state index contributed by atoms with van der Waals surface area (Å²) in [7, 11) is 0. The van der Waals surface area contributed by atoms with E-state index in [0.717, 1.165) is 18.3 Å². The maximum atomic E-state index is 13.6. The smallest absolute Gasteiger partial charge is 0.251 e. The number of benzene rings is 1. The van der Waals surface area contributed by atoms with E-state index < -0.39 is 28.9 Å². The van der Waals surface area contributed by atoms with Gasteiger partial charge in [-0.2, -0.15) is 0 Å². The summed E-state index contributed by atoms with van der Waals surface area (Å²) < 4.78 is 39.9. The Kier molecular flexibility index (Phi) is 5.81. The van der Waals surface area contributed by atoms with Crippen molar-refractivity contribution in [2.45, 2.75) is 18.4 Å². The first kappa shape index (κ1) is 21.1. The molecule has 7 nitrogen and oxygen atoms in total. The zero-order chi connectivity index (χ0) is 22.0. The molecule has 1 spiro atoms. The van der Waals surface area contributed by atoms with Gasteiger partial charge in [0.2, 0.25) is 5.91 Å². The van der Waals surface area contributed by atoms with Crippen molar-refractivity contribution in [3.63, 3.8) is 0 Å². The third kappa shape index (κ3) is 4.20. The predicted octanol–water partition coefficient (Wildman–Crippen LogP) is 1.66. The average Bonchev–Trinajstić information content (AvgIpc) is 3.07. The molecule has 0 radical (unpaired) electrons. The van der Waals surface area contributed by atoms with Crippen molar-refractivity contribution < 1.29 is 22.8 Å². The molecular weight excluding hydrogens is 411 g/mol. The highest BCUT2D eigenvalue weighted by Gasteiger charge is 2.50. The molecule has 2 aliphatic rings. The van der Waals surface area contributed by atoms with Crippen LogP contribution in [-0.2, 0) is 4.79 Å². The highest BCUT2D eigenvalue weighted by molar-refractivity contribution is 5.94. The second-order valence-corrected chi connectivity index (χ2v) is 7.71. The molecule has 0 aliphatic carbocycles. The zero-order valence-corrected chi connectivity index (χ0v) is 16.7. The lowest BCUT2D eigenvalue weighted by atomic mass is 9.85. The van der Waals surface area contributed by atoms with Crippen LogP contribution in [0.15, 0.2) is 36.7 Å². The number of aromatic nitrogens is 1. The van der Waals surface area contributed by atoms with Crippen molar-refractivity contribution in [2.24, 2.45) is 0 Å². The number of hydrogen-bond acceptors (Lipinski definition) is 5. The number of anilines is 1. The number of piperidine rings is 1. The number of hydrogen-bond donors (Lipinski definition) is 2. The van der Waals surface area contributed by atoms with Crippen LogP contribution in [0.3, 0.4) is 0 Å². The molecule has 0 atom stereocenters. The first-order valence-corrected chi connectivity index (χ1v) is 10.0. The largest absolute Gasteiger partial charge is 0.351 e. The molecule has 2 amide bonds. The minimum atomic E-state index is -1.07. The second-order valence-electron chi connectivity index (χ2n) is 7.71. The molecule has 2 aromatic rings. The molecule has 10 heteroatoms. The second kappa shape index (κ2) is 8.54. The summed E-state index contributed by atoms with van der Waals surface area (Å²) >= 11 is 0. The van der Waals surface area contributed by atoms with Crippen LogP contribution >= 0.6 is 0 Å². The van der Waals surface area contributed by atoms with Gasteiger partial charge in [-0.1, -0.05) is 0 Å². The predicted molar refractivity (Wildman–Crippen MR) is 107 cm³/mol. The van der Waals surface area contributed by atoms with Gasteiger partial charge in [0.1, 0.15) is 11.4 Å². The van der Waals surface area contributed by atoms with Gasteiger partial charge in [-0.15, -0.1) is 0 Å². The Hall–Kier alpha value is -3.14. The summed E-state index contributed by atoms with van der Waals surface area (Å²) in [6.07, 6.45) is 3.77. The van der Waals surface area contributed by atoms with Crippen LogP contribution in [0.1, 0.15) is 23.2 Å². The Balaban J connectivity index is 1.32. The zero-order valence-electron chi connectivity index (χ0n) is 16.7. The van der Waals surface area contributed by atoms with Gasteiger partial charge in [-0.25, -0.2) is 13.2 Å². The summed E-state index contributed by atoms with van der Waals surface area (Å²) in [5, 5.41) is 5.55. The number of pyridine rings is 1. The molecule has 0 unspecified atom stereocenters. The first-order valence-electron chi connectivity index (χ1n) is 10.0.